The maximum Gasteiger partial charge on any atom is 0.334 e. The minimum Gasteiger partial charge on any atom is -0.454 e. The van der Waals surface area contributed by atoms with Crippen molar-refractivity contribution in [1.29, 1.82) is 0 Å². The predicted octanol–water partition coefficient (Wildman–Crippen LogP) is 3.79. The number of carbonyl (C=O) groups is 2. The number of ether oxygens (including phenoxy) is 2. The van der Waals surface area contributed by atoms with Crippen LogP contribution in [0.1, 0.15) is 46.0 Å². The molecule has 0 spiro atoms. The molecule has 1 fully saturated rings. The quantitative estimate of drug-likeness (QED) is 0.386. The van der Waals surface area contributed by atoms with E-state index in [9.17, 15) is 9.59 Å². The zero-order chi connectivity index (χ0) is 17.3. The molecule has 0 unspecified atom stereocenters. The van der Waals surface area contributed by atoms with E-state index in [4.69, 9.17) is 9.47 Å². The van der Waals surface area contributed by atoms with Crippen LogP contribution < -0.4 is 0 Å². The Morgan fingerprint density at radius 2 is 1.83 bits per heavy atom. The zero-order valence-corrected chi connectivity index (χ0v) is 14.3. The first kappa shape index (κ1) is 16.7. The van der Waals surface area contributed by atoms with Crippen molar-refractivity contribution in [2.45, 2.75) is 58.2 Å². The number of rotatable bonds is 0. The third-order valence-corrected chi connectivity index (χ3v) is 4.99. The summed E-state index contributed by atoms with van der Waals surface area (Å²) in [5, 5.41) is 0. The number of fused-ring (bicyclic) bond motifs is 2. The molecule has 4 nitrogen and oxygen atoms in total. The molecule has 2 heterocycles. The lowest BCUT2D eigenvalue weighted by atomic mass is 9.89. The van der Waals surface area contributed by atoms with Crippen molar-refractivity contribution >= 4 is 11.9 Å². The van der Waals surface area contributed by atoms with Crippen molar-refractivity contribution in [1.82, 2.24) is 0 Å². The Balaban J connectivity index is 1.86. The first-order chi connectivity index (χ1) is 11.4. The summed E-state index contributed by atoms with van der Waals surface area (Å²) < 4.78 is 10.9. The van der Waals surface area contributed by atoms with Gasteiger partial charge in [-0.1, -0.05) is 23.8 Å². The number of esters is 2. The van der Waals surface area contributed by atoms with Gasteiger partial charge in [-0.25, -0.2) is 9.59 Å². The lowest BCUT2D eigenvalue weighted by Gasteiger charge is -2.16. The van der Waals surface area contributed by atoms with Gasteiger partial charge in [-0.15, -0.1) is 0 Å². The monoisotopic (exact) mass is 328 g/mol. The number of allylic oxidation sites excluding steroid dienone is 2. The molecule has 4 heteroatoms. The highest BCUT2D eigenvalue weighted by molar-refractivity contribution is 5.91. The van der Waals surface area contributed by atoms with Crippen LogP contribution in [0.4, 0.5) is 0 Å². The van der Waals surface area contributed by atoms with Crippen molar-refractivity contribution < 1.29 is 19.1 Å². The van der Waals surface area contributed by atoms with E-state index in [-0.39, 0.29) is 30.1 Å². The standard InChI is InChI=1S/C20H24O4/c1-12-5-4-6-15-11-16(23-20(15)22)9-13(2)10-18-17(8-7-12)14(3)19(21)24-18/h5,10-11,16-18H,3-4,6-9H2,1-2H3/b12-5+,13-10+/t16-,17+,18+/m0/s1. The van der Waals surface area contributed by atoms with Crippen LogP contribution in [0.25, 0.3) is 0 Å². The average Bonchev–Trinajstić information content (AvgIpc) is 2.97. The van der Waals surface area contributed by atoms with E-state index in [1.807, 2.05) is 19.1 Å². The minimum absolute atomic E-state index is 0.0240. The molecule has 0 aromatic heterocycles. The van der Waals surface area contributed by atoms with Gasteiger partial charge in [0.15, 0.2) is 0 Å². The van der Waals surface area contributed by atoms with Gasteiger partial charge in [0.05, 0.1) is 0 Å². The Labute approximate surface area is 142 Å². The van der Waals surface area contributed by atoms with Gasteiger partial charge < -0.3 is 9.47 Å². The van der Waals surface area contributed by atoms with Crippen LogP contribution in [0.3, 0.4) is 0 Å². The molecule has 1 aliphatic carbocycles. The molecule has 2 bridgehead atoms. The van der Waals surface area contributed by atoms with Gasteiger partial charge in [-0.2, -0.15) is 0 Å². The summed E-state index contributed by atoms with van der Waals surface area (Å²) in [4.78, 5) is 23.8. The van der Waals surface area contributed by atoms with Crippen molar-refractivity contribution in [3.8, 4) is 0 Å². The zero-order valence-electron chi connectivity index (χ0n) is 14.3. The van der Waals surface area contributed by atoms with Gasteiger partial charge in [0.2, 0.25) is 0 Å². The van der Waals surface area contributed by atoms with E-state index in [1.54, 1.807) is 0 Å². The van der Waals surface area contributed by atoms with E-state index in [1.165, 1.54) is 5.57 Å². The third kappa shape index (κ3) is 3.53. The molecule has 2 aliphatic heterocycles. The van der Waals surface area contributed by atoms with E-state index in [2.05, 4.69) is 19.6 Å². The largest absolute Gasteiger partial charge is 0.454 e. The van der Waals surface area contributed by atoms with Crippen LogP contribution in [0.2, 0.25) is 0 Å². The van der Waals surface area contributed by atoms with Crippen LogP contribution in [-0.2, 0) is 19.1 Å². The molecule has 0 aromatic carbocycles. The third-order valence-electron chi connectivity index (χ3n) is 4.99. The maximum absolute atomic E-state index is 11.9. The Kier molecular flexibility index (Phi) is 4.74. The second-order valence-electron chi connectivity index (χ2n) is 6.98. The van der Waals surface area contributed by atoms with E-state index >= 15 is 0 Å². The molecule has 0 N–H and O–H groups in total. The summed E-state index contributed by atoms with van der Waals surface area (Å²) >= 11 is 0. The van der Waals surface area contributed by atoms with Gasteiger partial charge in [0.1, 0.15) is 12.2 Å². The Hall–Kier alpha value is -2.10. The summed E-state index contributed by atoms with van der Waals surface area (Å²) in [7, 11) is 0. The van der Waals surface area contributed by atoms with Crippen molar-refractivity contribution in [3.05, 3.63) is 47.1 Å². The highest BCUT2D eigenvalue weighted by Crippen LogP contribution is 2.34. The first-order valence-corrected chi connectivity index (χ1v) is 8.58. The molecule has 3 atom stereocenters. The fraction of sp³-hybridized carbons (Fsp3) is 0.500. The summed E-state index contributed by atoms with van der Waals surface area (Å²) in [6.07, 6.45) is 9.56. The molecule has 24 heavy (non-hydrogen) atoms. The highest BCUT2D eigenvalue weighted by Gasteiger charge is 2.37. The second kappa shape index (κ2) is 6.80. The van der Waals surface area contributed by atoms with Crippen LogP contribution in [0, 0.1) is 5.92 Å². The number of hydrogen-bond acceptors (Lipinski definition) is 4. The minimum atomic E-state index is -0.297. The SMILES string of the molecule is C=C1C(=O)O[C@@H]2/C=C(\C)C[C@H]3C=C(CC/C=C(\C)CC[C@H]12)C(=O)O3. The summed E-state index contributed by atoms with van der Waals surface area (Å²) in [5.74, 6) is -0.474. The second-order valence-corrected chi connectivity index (χ2v) is 6.98. The lowest BCUT2D eigenvalue weighted by molar-refractivity contribution is -0.139. The average molecular weight is 328 g/mol. The van der Waals surface area contributed by atoms with Gasteiger partial charge in [0, 0.05) is 23.5 Å². The smallest absolute Gasteiger partial charge is 0.334 e. The summed E-state index contributed by atoms with van der Waals surface area (Å²) in [6.45, 7) is 8.00. The van der Waals surface area contributed by atoms with Crippen LogP contribution in [0.15, 0.2) is 47.1 Å². The molecule has 128 valence electrons. The molecule has 1 saturated heterocycles. The van der Waals surface area contributed by atoms with Gasteiger partial charge in [0.25, 0.3) is 0 Å². The van der Waals surface area contributed by atoms with Crippen LogP contribution in [0.5, 0.6) is 0 Å². The van der Waals surface area contributed by atoms with E-state index in [0.717, 1.165) is 36.8 Å². The Morgan fingerprint density at radius 1 is 1.04 bits per heavy atom. The Bertz CT molecular complexity index is 665. The fourth-order valence-electron chi connectivity index (χ4n) is 3.57. The molecular formula is C20H24O4. The number of hydrogen-bond donors (Lipinski definition) is 0. The molecule has 0 radical (unpaired) electrons. The molecule has 3 rings (SSSR count). The van der Waals surface area contributed by atoms with Gasteiger partial charge >= 0.3 is 11.9 Å². The molecule has 0 saturated carbocycles. The van der Waals surface area contributed by atoms with E-state index in [0.29, 0.717) is 12.0 Å². The van der Waals surface area contributed by atoms with Crippen LogP contribution in [-0.4, -0.2) is 24.1 Å². The van der Waals surface area contributed by atoms with Crippen molar-refractivity contribution in [3.63, 3.8) is 0 Å². The normalized spacial score (nSPS) is 35.7. The van der Waals surface area contributed by atoms with E-state index < -0.39 is 0 Å². The molecule has 0 aromatic rings. The maximum atomic E-state index is 11.9. The molecule has 0 amide bonds. The van der Waals surface area contributed by atoms with Crippen molar-refractivity contribution in [2.75, 3.05) is 0 Å². The summed E-state index contributed by atoms with van der Waals surface area (Å²) in [6, 6.07) is 0. The van der Waals surface area contributed by atoms with Gasteiger partial charge in [-0.3, -0.25) is 0 Å². The topological polar surface area (TPSA) is 52.6 Å². The molecule has 3 aliphatic rings. The van der Waals surface area contributed by atoms with Gasteiger partial charge in [-0.05, 0) is 51.7 Å². The lowest BCUT2D eigenvalue weighted by Crippen LogP contribution is -2.16. The fourth-order valence-corrected chi connectivity index (χ4v) is 3.57. The first-order valence-electron chi connectivity index (χ1n) is 8.58. The predicted molar refractivity (Wildman–Crippen MR) is 91.1 cm³/mol. The van der Waals surface area contributed by atoms with Crippen molar-refractivity contribution in [2.24, 2.45) is 5.92 Å². The highest BCUT2D eigenvalue weighted by atomic mass is 16.6. The molecular weight excluding hydrogens is 304 g/mol. The van der Waals surface area contributed by atoms with Crippen LogP contribution >= 0.6 is 0 Å². The summed E-state index contributed by atoms with van der Waals surface area (Å²) in [5.41, 5.74) is 3.67. The Morgan fingerprint density at radius 3 is 2.62 bits per heavy atom. The number of carbonyl (C=O) groups excluding carboxylic acids is 2.